The first-order valence-corrected chi connectivity index (χ1v) is 7.44. The number of aliphatic hydroxyl groups excluding tert-OH is 2. The summed E-state index contributed by atoms with van der Waals surface area (Å²) in [4.78, 5) is 13.7. The number of carbonyl (C=O) groups excluding carboxylic acids is 1. The maximum absolute atomic E-state index is 11.3. The number of carbonyl (C=O) groups is 1. The molecule has 0 aromatic heterocycles. The van der Waals surface area contributed by atoms with Crippen LogP contribution in [0.2, 0.25) is 0 Å². The maximum atomic E-state index is 11.3. The third-order valence-electron chi connectivity index (χ3n) is 4.08. The lowest BCUT2D eigenvalue weighted by Gasteiger charge is -2.47. The Kier molecular flexibility index (Phi) is 7.90. The second-order valence-electron chi connectivity index (χ2n) is 5.59. The predicted octanol–water partition coefficient (Wildman–Crippen LogP) is 1.71. The van der Waals surface area contributed by atoms with Gasteiger partial charge in [0.2, 0.25) is 0 Å². The molecule has 2 atom stereocenters. The molecule has 1 saturated heterocycles. The summed E-state index contributed by atoms with van der Waals surface area (Å²) in [6, 6.07) is 0. The molecule has 1 heterocycles. The zero-order valence-corrected chi connectivity index (χ0v) is 13.5. The average Bonchev–Trinajstić information content (AvgIpc) is 3.38. The number of amides is 1. The van der Waals surface area contributed by atoms with Crippen LogP contribution >= 0.6 is 0 Å². The van der Waals surface area contributed by atoms with E-state index >= 15 is 0 Å². The highest BCUT2D eigenvalue weighted by atomic mass is 16.6. The number of aliphatic hydroxyl groups is 2. The van der Waals surface area contributed by atoms with E-state index < -0.39 is 36.9 Å². The van der Waals surface area contributed by atoms with Gasteiger partial charge >= 0.3 is 6.09 Å². The molecule has 0 aromatic carbocycles. The fourth-order valence-corrected chi connectivity index (χ4v) is 2.62. The minimum absolute atomic E-state index is 0.0833. The van der Waals surface area contributed by atoms with Gasteiger partial charge in [0.15, 0.2) is 0 Å². The van der Waals surface area contributed by atoms with E-state index in [-0.39, 0.29) is 19.1 Å². The lowest BCUT2D eigenvalue weighted by atomic mass is 9.68. The molecule has 0 radical (unpaired) electrons. The minimum atomic E-state index is -1.34. The van der Waals surface area contributed by atoms with E-state index in [1.807, 2.05) is 0 Å². The van der Waals surface area contributed by atoms with E-state index in [1.54, 1.807) is 6.08 Å². The molecule has 0 spiro atoms. The molecule has 0 bridgehead atoms. The number of epoxide rings is 1. The summed E-state index contributed by atoms with van der Waals surface area (Å²) in [7, 11) is 0. The molecule has 1 amide bonds. The Morgan fingerprint density at radius 3 is 2.54 bits per heavy atom. The van der Waals surface area contributed by atoms with E-state index in [1.165, 1.54) is 6.08 Å². The summed E-state index contributed by atoms with van der Waals surface area (Å²) in [5.41, 5.74) is 5.83. The van der Waals surface area contributed by atoms with Crippen molar-refractivity contribution in [2.45, 2.75) is 24.5 Å². The van der Waals surface area contributed by atoms with Crippen LogP contribution in [0.15, 0.2) is 30.4 Å². The van der Waals surface area contributed by atoms with Gasteiger partial charge in [-0.1, -0.05) is 12.2 Å². The number of ether oxygens (including phenoxy) is 3. The van der Waals surface area contributed by atoms with Crippen LogP contribution < -0.4 is 0 Å². The SMILES string of the molecule is C=CCOC(CC=C)(CC1CO1)C(CO)(CO)COC(=O)N=[N+]=[N-]. The predicted molar refractivity (Wildman–Crippen MR) is 85.1 cm³/mol. The smallest absolute Gasteiger partial charge is 0.396 e. The zero-order chi connectivity index (χ0) is 18.1. The quantitative estimate of drug-likeness (QED) is 0.182. The Morgan fingerprint density at radius 1 is 1.42 bits per heavy atom. The van der Waals surface area contributed by atoms with Crippen molar-refractivity contribution in [3.63, 3.8) is 0 Å². The monoisotopic (exact) mass is 341 g/mol. The van der Waals surface area contributed by atoms with Gasteiger partial charge in [0.1, 0.15) is 6.61 Å². The maximum Gasteiger partial charge on any atom is 0.396 e. The van der Waals surface area contributed by atoms with Gasteiger partial charge in [-0.3, -0.25) is 0 Å². The molecule has 2 unspecified atom stereocenters. The van der Waals surface area contributed by atoms with Crippen LogP contribution in [-0.2, 0) is 14.2 Å². The fourth-order valence-electron chi connectivity index (χ4n) is 2.62. The molecule has 1 aliphatic rings. The first-order chi connectivity index (χ1) is 11.5. The van der Waals surface area contributed by atoms with E-state index in [4.69, 9.17) is 19.7 Å². The third kappa shape index (κ3) is 4.80. The van der Waals surface area contributed by atoms with Gasteiger partial charge < -0.3 is 24.4 Å². The lowest BCUT2D eigenvalue weighted by Crippen LogP contribution is -2.58. The van der Waals surface area contributed by atoms with Gasteiger partial charge in [-0.05, 0) is 12.0 Å². The number of hydrogen-bond acceptors (Lipinski definition) is 6. The fraction of sp³-hybridized carbons (Fsp3) is 0.667. The van der Waals surface area contributed by atoms with Crippen molar-refractivity contribution in [2.24, 2.45) is 10.5 Å². The van der Waals surface area contributed by atoms with Crippen molar-refractivity contribution in [1.29, 1.82) is 0 Å². The molecule has 1 rings (SSSR count). The highest BCUT2D eigenvalue weighted by Gasteiger charge is 2.54. The van der Waals surface area contributed by atoms with Gasteiger partial charge in [0, 0.05) is 16.4 Å². The third-order valence-corrected chi connectivity index (χ3v) is 4.08. The molecule has 0 aromatic rings. The van der Waals surface area contributed by atoms with Crippen molar-refractivity contribution in [3.05, 3.63) is 35.8 Å². The van der Waals surface area contributed by atoms with Crippen LogP contribution in [-0.4, -0.2) is 61.0 Å². The standard InChI is InChI=1S/C15H23N3O6/c1-3-5-15(24-6-4-2,7-12-8-22-12)14(9-19,10-20)11-23-13(21)17-18-16/h3-4,12,19-20H,1-2,5-11H2. The van der Waals surface area contributed by atoms with Crippen LogP contribution in [0.3, 0.4) is 0 Å². The molecule has 24 heavy (non-hydrogen) atoms. The summed E-state index contributed by atoms with van der Waals surface area (Å²) in [6.07, 6.45) is 2.55. The molecule has 134 valence electrons. The first-order valence-electron chi connectivity index (χ1n) is 7.44. The van der Waals surface area contributed by atoms with Crippen LogP contribution in [0.1, 0.15) is 12.8 Å². The Morgan fingerprint density at radius 2 is 2.08 bits per heavy atom. The summed E-state index contributed by atoms with van der Waals surface area (Å²) in [6.45, 7) is 6.57. The Hall–Kier alpha value is -1.90. The average molecular weight is 341 g/mol. The van der Waals surface area contributed by atoms with Gasteiger partial charge in [0.25, 0.3) is 0 Å². The second-order valence-corrected chi connectivity index (χ2v) is 5.59. The van der Waals surface area contributed by atoms with E-state index in [2.05, 4.69) is 23.2 Å². The molecule has 9 nitrogen and oxygen atoms in total. The molecule has 2 N–H and O–H groups in total. The summed E-state index contributed by atoms with van der Waals surface area (Å²) in [5.74, 6) is 0. The number of nitrogens with zero attached hydrogens (tertiary/aromatic N) is 3. The van der Waals surface area contributed by atoms with Gasteiger partial charge in [-0.15, -0.1) is 13.2 Å². The summed E-state index contributed by atoms with van der Waals surface area (Å²) < 4.78 is 16.1. The highest BCUT2D eigenvalue weighted by molar-refractivity contribution is 5.68. The zero-order valence-electron chi connectivity index (χ0n) is 13.5. The van der Waals surface area contributed by atoms with Gasteiger partial charge in [-0.2, -0.15) is 0 Å². The number of azide groups is 1. The van der Waals surface area contributed by atoms with Crippen LogP contribution in [0.4, 0.5) is 4.79 Å². The topological polar surface area (TPSA) is 137 Å². The normalized spacial score (nSPS) is 18.8. The summed E-state index contributed by atoms with van der Waals surface area (Å²) in [5, 5.41) is 22.8. The van der Waals surface area contributed by atoms with Crippen molar-refractivity contribution < 1.29 is 29.2 Å². The largest absolute Gasteiger partial charge is 0.460 e. The van der Waals surface area contributed by atoms with Crippen LogP contribution in [0.5, 0.6) is 0 Å². The molecule has 0 saturated carbocycles. The molecule has 0 aliphatic carbocycles. The minimum Gasteiger partial charge on any atom is -0.460 e. The molecule has 1 fully saturated rings. The van der Waals surface area contributed by atoms with Crippen LogP contribution in [0.25, 0.3) is 10.4 Å². The van der Waals surface area contributed by atoms with Crippen molar-refractivity contribution >= 4 is 6.09 Å². The van der Waals surface area contributed by atoms with E-state index in [0.29, 0.717) is 13.0 Å². The van der Waals surface area contributed by atoms with E-state index in [9.17, 15) is 15.0 Å². The molecule has 9 heteroatoms. The lowest BCUT2D eigenvalue weighted by molar-refractivity contribution is -0.183. The van der Waals surface area contributed by atoms with Gasteiger partial charge in [-0.25, -0.2) is 4.79 Å². The molecule has 1 aliphatic heterocycles. The highest BCUT2D eigenvalue weighted by Crippen LogP contribution is 2.44. The second kappa shape index (κ2) is 9.41. The van der Waals surface area contributed by atoms with Gasteiger partial charge in [0.05, 0.1) is 43.5 Å². The van der Waals surface area contributed by atoms with Crippen molar-refractivity contribution in [3.8, 4) is 0 Å². The van der Waals surface area contributed by atoms with Crippen molar-refractivity contribution in [2.75, 3.05) is 33.0 Å². The number of rotatable bonds is 12. The molecular formula is C15H23N3O6. The molecular weight excluding hydrogens is 318 g/mol. The summed E-state index contributed by atoms with van der Waals surface area (Å²) >= 11 is 0. The Labute approximate surface area is 140 Å². The van der Waals surface area contributed by atoms with Crippen molar-refractivity contribution in [1.82, 2.24) is 0 Å². The van der Waals surface area contributed by atoms with E-state index in [0.717, 1.165) is 0 Å². The Bertz CT molecular complexity index is 497. The first kappa shape index (κ1) is 20.1. The Balaban J connectivity index is 3.15. The number of hydrogen-bond donors (Lipinski definition) is 2. The van der Waals surface area contributed by atoms with Crippen LogP contribution in [0, 0.1) is 5.41 Å².